The summed E-state index contributed by atoms with van der Waals surface area (Å²) in [5.41, 5.74) is 1.25. The molecule has 1 aromatic carbocycles. The Morgan fingerprint density at radius 2 is 1.58 bits per heavy atom. The van der Waals surface area contributed by atoms with Gasteiger partial charge in [-0.1, -0.05) is 39.3 Å². The van der Waals surface area contributed by atoms with E-state index in [1.54, 1.807) is 0 Å². The van der Waals surface area contributed by atoms with E-state index in [4.69, 9.17) is 9.84 Å². The van der Waals surface area contributed by atoms with Crippen LogP contribution < -0.4 is 4.74 Å². The van der Waals surface area contributed by atoms with Gasteiger partial charge in [-0.25, -0.2) is 0 Å². The summed E-state index contributed by atoms with van der Waals surface area (Å²) < 4.78 is 5.42. The van der Waals surface area contributed by atoms with Crippen LogP contribution in [0.15, 0.2) is 24.3 Å². The van der Waals surface area contributed by atoms with Crippen molar-refractivity contribution in [3.63, 3.8) is 0 Å². The fourth-order valence-electron chi connectivity index (χ4n) is 2.88. The van der Waals surface area contributed by atoms with Crippen molar-refractivity contribution in [3.8, 4) is 5.75 Å². The molecule has 0 radical (unpaired) electrons. The van der Waals surface area contributed by atoms with E-state index < -0.39 is 5.97 Å². The number of aryl methyl sites for hydroxylation is 1. The molecular formula is C20H30O4. The highest BCUT2D eigenvalue weighted by Gasteiger charge is 2.30. The number of carboxylic acids is 1. The average Bonchev–Trinajstić information content (AvgIpc) is 2.63. The lowest BCUT2D eigenvalue weighted by Gasteiger charge is -2.24. The van der Waals surface area contributed by atoms with Crippen molar-refractivity contribution in [1.82, 2.24) is 0 Å². The molecule has 0 unspecified atom stereocenters. The quantitative estimate of drug-likeness (QED) is 0.596. The predicted octanol–water partition coefficient (Wildman–Crippen LogP) is 4.85. The summed E-state index contributed by atoms with van der Waals surface area (Å²) in [6, 6.07) is 7.68. The summed E-state index contributed by atoms with van der Waals surface area (Å²) in [6.07, 6.45) is 5.69. The smallest absolute Gasteiger partial charge is 0.314 e. The summed E-state index contributed by atoms with van der Waals surface area (Å²) in [7, 11) is 0. The Bertz CT molecular complexity index is 499. The number of hydrogen-bond acceptors (Lipinski definition) is 3. The molecule has 0 aromatic heterocycles. The molecule has 2 rings (SSSR count). The fourth-order valence-corrected chi connectivity index (χ4v) is 2.88. The van der Waals surface area contributed by atoms with Crippen molar-refractivity contribution in [2.45, 2.75) is 65.7 Å². The van der Waals surface area contributed by atoms with Gasteiger partial charge in [0, 0.05) is 0 Å². The summed E-state index contributed by atoms with van der Waals surface area (Å²) >= 11 is 0. The largest absolute Gasteiger partial charge is 0.481 e. The van der Waals surface area contributed by atoms with Crippen LogP contribution >= 0.6 is 0 Å². The van der Waals surface area contributed by atoms with Crippen molar-refractivity contribution in [2.24, 2.45) is 11.8 Å². The zero-order chi connectivity index (χ0) is 17.9. The minimum Gasteiger partial charge on any atom is -0.481 e. The Hall–Kier alpha value is -1.84. The number of esters is 1. The van der Waals surface area contributed by atoms with E-state index >= 15 is 0 Å². The van der Waals surface area contributed by atoms with Crippen LogP contribution in [0.25, 0.3) is 0 Å². The molecule has 0 heterocycles. The number of rotatable bonds is 6. The van der Waals surface area contributed by atoms with Gasteiger partial charge in [-0.2, -0.15) is 0 Å². The maximum Gasteiger partial charge on any atom is 0.314 e. The molecule has 1 saturated carbocycles. The molecule has 134 valence electrons. The molecule has 0 amide bonds. The molecule has 4 nitrogen and oxygen atoms in total. The van der Waals surface area contributed by atoms with Crippen molar-refractivity contribution in [1.29, 1.82) is 0 Å². The first-order valence-corrected chi connectivity index (χ1v) is 9.13. The van der Waals surface area contributed by atoms with Crippen molar-refractivity contribution >= 4 is 11.9 Å². The van der Waals surface area contributed by atoms with Crippen molar-refractivity contribution in [2.75, 3.05) is 0 Å². The minimum atomic E-state index is -0.755. The number of benzene rings is 1. The maximum absolute atomic E-state index is 12.1. The first-order valence-electron chi connectivity index (χ1n) is 9.13. The Morgan fingerprint density at radius 3 is 2.08 bits per heavy atom. The van der Waals surface area contributed by atoms with E-state index in [-0.39, 0.29) is 17.8 Å². The highest BCUT2D eigenvalue weighted by molar-refractivity contribution is 5.76. The number of hydrogen-bond donors (Lipinski definition) is 1. The van der Waals surface area contributed by atoms with E-state index in [0.717, 1.165) is 19.3 Å². The first-order chi connectivity index (χ1) is 11.6. The van der Waals surface area contributed by atoms with Crippen molar-refractivity contribution in [3.05, 3.63) is 29.8 Å². The van der Waals surface area contributed by atoms with Crippen molar-refractivity contribution < 1.29 is 19.4 Å². The summed E-state index contributed by atoms with van der Waals surface area (Å²) in [4.78, 5) is 23.0. The van der Waals surface area contributed by atoms with Gasteiger partial charge in [0.05, 0.1) is 11.8 Å². The first kappa shape index (κ1) is 20.2. The molecule has 0 saturated heterocycles. The van der Waals surface area contributed by atoms with Gasteiger partial charge >= 0.3 is 11.9 Å². The normalized spacial score (nSPS) is 19.8. The van der Waals surface area contributed by atoms with E-state index in [1.165, 1.54) is 5.56 Å². The van der Waals surface area contributed by atoms with Crippen LogP contribution in [0.1, 0.15) is 64.9 Å². The number of ether oxygens (including phenoxy) is 1. The topological polar surface area (TPSA) is 63.6 Å². The maximum atomic E-state index is 12.1. The number of carbonyl (C=O) groups is 2. The van der Waals surface area contributed by atoms with Crippen LogP contribution in [-0.2, 0) is 16.0 Å². The Labute approximate surface area is 145 Å². The average molecular weight is 334 g/mol. The van der Waals surface area contributed by atoms with E-state index in [0.29, 0.717) is 31.4 Å². The summed E-state index contributed by atoms with van der Waals surface area (Å²) in [6.45, 7) is 6.16. The monoisotopic (exact) mass is 334 g/mol. The third kappa shape index (κ3) is 6.34. The molecule has 1 fully saturated rings. The number of carboxylic acid groups (broad SMARTS) is 1. The highest BCUT2D eigenvalue weighted by Crippen LogP contribution is 2.30. The fraction of sp³-hybridized carbons (Fsp3) is 0.600. The third-order valence-electron chi connectivity index (χ3n) is 4.37. The van der Waals surface area contributed by atoms with Crippen LogP contribution in [-0.4, -0.2) is 17.0 Å². The predicted molar refractivity (Wildman–Crippen MR) is 95.1 cm³/mol. The lowest BCUT2D eigenvalue weighted by Crippen LogP contribution is -2.28. The Kier molecular flexibility index (Phi) is 9.13. The second-order valence-electron chi connectivity index (χ2n) is 6.06. The molecular weight excluding hydrogens is 304 g/mol. The molecule has 0 aliphatic heterocycles. The SMILES string of the molecule is CC.CCCCc1ccc(OC(=O)C2CCC(C(=O)O)CC2)cc1. The van der Waals surface area contributed by atoms with E-state index in [2.05, 4.69) is 6.92 Å². The molecule has 4 heteroatoms. The van der Waals surface area contributed by atoms with Gasteiger partial charge in [0.15, 0.2) is 0 Å². The molecule has 0 bridgehead atoms. The third-order valence-corrected chi connectivity index (χ3v) is 4.37. The lowest BCUT2D eigenvalue weighted by molar-refractivity contribution is -0.146. The molecule has 0 spiro atoms. The van der Waals surface area contributed by atoms with E-state index in [1.807, 2.05) is 38.1 Å². The van der Waals surface area contributed by atoms with Crippen LogP contribution in [0.5, 0.6) is 5.75 Å². The second-order valence-corrected chi connectivity index (χ2v) is 6.06. The lowest BCUT2D eigenvalue weighted by atomic mass is 9.82. The van der Waals surface area contributed by atoms with Crippen LogP contribution in [0.4, 0.5) is 0 Å². The summed E-state index contributed by atoms with van der Waals surface area (Å²) in [5, 5.41) is 8.97. The molecule has 1 aliphatic carbocycles. The zero-order valence-corrected chi connectivity index (χ0v) is 15.1. The van der Waals surface area contributed by atoms with E-state index in [9.17, 15) is 9.59 Å². The molecule has 1 aliphatic rings. The second kappa shape index (κ2) is 10.8. The molecule has 0 atom stereocenters. The minimum absolute atomic E-state index is 0.171. The molecule has 1 N–H and O–H groups in total. The van der Waals surface area contributed by atoms with Gasteiger partial charge in [0.2, 0.25) is 0 Å². The standard InChI is InChI=1S/C18H24O4.C2H6/c1-2-3-4-13-5-11-16(12-6-13)22-18(21)15-9-7-14(8-10-15)17(19)20;1-2/h5-6,11-12,14-15H,2-4,7-10H2,1H3,(H,19,20);1-2H3. The van der Waals surface area contributed by atoms with Gasteiger partial charge < -0.3 is 9.84 Å². The number of carbonyl (C=O) groups excluding carboxylic acids is 1. The Balaban J connectivity index is 0.00000139. The zero-order valence-electron chi connectivity index (χ0n) is 15.1. The van der Waals surface area contributed by atoms with Gasteiger partial charge in [0.25, 0.3) is 0 Å². The van der Waals surface area contributed by atoms with Crippen LogP contribution in [0.2, 0.25) is 0 Å². The highest BCUT2D eigenvalue weighted by atomic mass is 16.5. The molecule has 24 heavy (non-hydrogen) atoms. The van der Waals surface area contributed by atoms with Gasteiger partial charge in [-0.3, -0.25) is 9.59 Å². The van der Waals surface area contributed by atoms with Crippen LogP contribution in [0, 0.1) is 11.8 Å². The van der Waals surface area contributed by atoms with Crippen LogP contribution in [0.3, 0.4) is 0 Å². The summed E-state index contributed by atoms with van der Waals surface area (Å²) in [5.74, 6) is -0.887. The van der Waals surface area contributed by atoms with Gasteiger partial charge in [-0.05, 0) is 56.2 Å². The van der Waals surface area contributed by atoms with Gasteiger partial charge in [0.1, 0.15) is 5.75 Å². The van der Waals surface area contributed by atoms with Gasteiger partial charge in [-0.15, -0.1) is 0 Å². The molecule has 1 aromatic rings. The Morgan fingerprint density at radius 1 is 1.04 bits per heavy atom. The number of unbranched alkanes of at least 4 members (excludes halogenated alkanes) is 1. The number of aliphatic carboxylic acids is 1.